The highest BCUT2D eigenvalue weighted by molar-refractivity contribution is 5.50. The van der Waals surface area contributed by atoms with Crippen molar-refractivity contribution < 1.29 is 4.92 Å². The van der Waals surface area contributed by atoms with Crippen LogP contribution < -0.4 is 11.1 Å². The van der Waals surface area contributed by atoms with Crippen molar-refractivity contribution in [1.29, 1.82) is 5.26 Å². The lowest BCUT2D eigenvalue weighted by molar-refractivity contribution is -0.385. The molecule has 0 amide bonds. The van der Waals surface area contributed by atoms with Crippen LogP contribution in [0.3, 0.4) is 0 Å². The summed E-state index contributed by atoms with van der Waals surface area (Å²) in [5.74, 6) is 0.962. The van der Waals surface area contributed by atoms with E-state index in [9.17, 15) is 10.1 Å². The van der Waals surface area contributed by atoms with Gasteiger partial charge in [-0.3, -0.25) is 10.1 Å². The van der Waals surface area contributed by atoms with Crippen molar-refractivity contribution in [2.24, 2.45) is 11.7 Å². The van der Waals surface area contributed by atoms with Crippen LogP contribution in [-0.2, 0) is 0 Å². The summed E-state index contributed by atoms with van der Waals surface area (Å²) < 4.78 is 0. The number of nitrogens with two attached hydrogens (primary N) is 1. The number of pyridine rings is 1. The molecule has 1 unspecified atom stereocenters. The summed E-state index contributed by atoms with van der Waals surface area (Å²) in [4.78, 5) is 14.2. The Kier molecular flexibility index (Phi) is 5.06. The fourth-order valence-corrected chi connectivity index (χ4v) is 2.86. The molecule has 0 radical (unpaired) electrons. The van der Waals surface area contributed by atoms with E-state index in [1.54, 1.807) is 6.07 Å². The number of nitriles is 1. The largest absolute Gasteiger partial charge is 0.366 e. The molecule has 1 aromatic rings. The molecule has 1 saturated carbocycles. The monoisotopic (exact) mass is 289 g/mol. The summed E-state index contributed by atoms with van der Waals surface area (Å²) in [7, 11) is 0. The normalized spacial score (nSPS) is 17.0. The standard InChI is InChI=1S/C14H19N5O2/c15-8-11(10-4-2-1-3-5-10)17-14-7-6-13(19(20)21)12(9-16)18-14/h6-7,10-11H,1-5,8,15H2,(H,17,18). The van der Waals surface area contributed by atoms with Crippen LogP contribution in [0.2, 0.25) is 0 Å². The van der Waals surface area contributed by atoms with Crippen molar-refractivity contribution in [3.63, 3.8) is 0 Å². The third-order valence-corrected chi connectivity index (χ3v) is 3.98. The van der Waals surface area contributed by atoms with E-state index in [1.165, 1.54) is 31.4 Å². The topological polar surface area (TPSA) is 118 Å². The maximum absolute atomic E-state index is 10.8. The third-order valence-electron chi connectivity index (χ3n) is 3.98. The van der Waals surface area contributed by atoms with Crippen LogP contribution >= 0.6 is 0 Å². The molecule has 1 fully saturated rings. The summed E-state index contributed by atoms with van der Waals surface area (Å²) in [6, 6.07) is 4.69. The van der Waals surface area contributed by atoms with Gasteiger partial charge in [-0.1, -0.05) is 19.3 Å². The number of rotatable bonds is 5. The Labute approximate surface area is 123 Å². The highest BCUT2D eigenvalue weighted by Crippen LogP contribution is 2.28. The fourth-order valence-electron chi connectivity index (χ4n) is 2.86. The van der Waals surface area contributed by atoms with Gasteiger partial charge in [0.25, 0.3) is 0 Å². The number of hydrogen-bond donors (Lipinski definition) is 2. The van der Waals surface area contributed by atoms with Crippen LogP contribution in [0.25, 0.3) is 0 Å². The first-order valence-corrected chi connectivity index (χ1v) is 7.18. The molecular weight excluding hydrogens is 270 g/mol. The van der Waals surface area contributed by atoms with Crippen molar-refractivity contribution in [1.82, 2.24) is 4.98 Å². The molecular formula is C14H19N5O2. The molecule has 112 valence electrons. The van der Waals surface area contributed by atoms with Gasteiger partial charge in [-0.05, 0) is 24.8 Å². The molecule has 7 nitrogen and oxygen atoms in total. The second kappa shape index (κ2) is 6.99. The minimum Gasteiger partial charge on any atom is -0.366 e. The van der Waals surface area contributed by atoms with Crippen molar-refractivity contribution in [2.45, 2.75) is 38.1 Å². The predicted octanol–water partition coefficient (Wildman–Crippen LogP) is 2.18. The molecule has 1 aliphatic rings. The van der Waals surface area contributed by atoms with Crippen molar-refractivity contribution in [2.75, 3.05) is 11.9 Å². The molecule has 21 heavy (non-hydrogen) atoms. The molecule has 3 N–H and O–H groups in total. The van der Waals surface area contributed by atoms with E-state index < -0.39 is 4.92 Å². The number of aromatic nitrogens is 1. The summed E-state index contributed by atoms with van der Waals surface area (Å²) in [6.45, 7) is 0.477. The minimum absolute atomic E-state index is 0.0887. The van der Waals surface area contributed by atoms with E-state index >= 15 is 0 Å². The molecule has 0 aromatic carbocycles. The second-order valence-electron chi connectivity index (χ2n) is 5.32. The van der Waals surface area contributed by atoms with Crippen LogP contribution in [0, 0.1) is 27.4 Å². The molecule has 1 atom stereocenters. The first-order valence-electron chi connectivity index (χ1n) is 7.18. The van der Waals surface area contributed by atoms with Crippen molar-refractivity contribution >= 4 is 11.5 Å². The van der Waals surface area contributed by atoms with Crippen LogP contribution in [0.1, 0.15) is 37.8 Å². The highest BCUT2D eigenvalue weighted by atomic mass is 16.6. The van der Waals surface area contributed by atoms with Crippen molar-refractivity contribution in [3.05, 3.63) is 27.9 Å². The first kappa shape index (κ1) is 15.2. The lowest BCUT2D eigenvalue weighted by Gasteiger charge is -2.30. The number of nitro groups is 1. The summed E-state index contributed by atoms with van der Waals surface area (Å²) >= 11 is 0. The number of nitrogens with zero attached hydrogens (tertiary/aromatic N) is 3. The Morgan fingerprint density at radius 3 is 2.76 bits per heavy atom. The molecule has 7 heteroatoms. The van der Waals surface area contributed by atoms with Gasteiger partial charge in [-0.15, -0.1) is 0 Å². The number of hydrogen-bond acceptors (Lipinski definition) is 6. The van der Waals surface area contributed by atoms with Crippen LogP contribution in [0.4, 0.5) is 11.5 Å². The van der Waals surface area contributed by atoms with Gasteiger partial charge in [-0.25, -0.2) is 4.98 Å². The van der Waals surface area contributed by atoms with Gasteiger partial charge in [-0.2, -0.15) is 5.26 Å². The third kappa shape index (κ3) is 3.67. The van der Waals surface area contributed by atoms with Crippen molar-refractivity contribution in [3.8, 4) is 6.07 Å². The summed E-state index contributed by atoms with van der Waals surface area (Å²) in [5, 5.41) is 23.0. The lowest BCUT2D eigenvalue weighted by atomic mass is 9.84. The quantitative estimate of drug-likeness (QED) is 0.633. The van der Waals surface area contributed by atoms with Gasteiger partial charge >= 0.3 is 5.69 Å². The zero-order valence-electron chi connectivity index (χ0n) is 11.8. The average molecular weight is 289 g/mol. The van der Waals surface area contributed by atoms with Gasteiger partial charge in [0.05, 0.1) is 4.92 Å². The van der Waals surface area contributed by atoms with Gasteiger partial charge < -0.3 is 11.1 Å². The molecule has 1 aromatic heterocycles. The smallest absolute Gasteiger partial charge is 0.305 e. The lowest BCUT2D eigenvalue weighted by Crippen LogP contribution is -2.37. The minimum atomic E-state index is -0.600. The highest BCUT2D eigenvalue weighted by Gasteiger charge is 2.23. The fraction of sp³-hybridized carbons (Fsp3) is 0.571. The SMILES string of the molecule is N#Cc1nc(NC(CN)C2CCCCC2)ccc1[N+](=O)[O-]. The van der Waals surface area contributed by atoms with Crippen LogP contribution in [-0.4, -0.2) is 22.5 Å². The zero-order valence-corrected chi connectivity index (χ0v) is 11.8. The summed E-state index contributed by atoms with van der Waals surface area (Å²) in [5.41, 5.74) is 5.39. The number of nitrogens with one attached hydrogen (secondary N) is 1. The Hall–Kier alpha value is -2.20. The molecule has 2 rings (SSSR count). The van der Waals surface area contributed by atoms with E-state index in [0.717, 1.165) is 12.8 Å². The molecule has 1 aliphatic carbocycles. The number of anilines is 1. The van der Waals surface area contributed by atoms with Crippen LogP contribution in [0.15, 0.2) is 12.1 Å². The van der Waals surface area contributed by atoms with Gasteiger partial charge in [0.1, 0.15) is 11.9 Å². The Morgan fingerprint density at radius 1 is 1.48 bits per heavy atom. The summed E-state index contributed by atoms with van der Waals surface area (Å²) in [6.07, 6.45) is 5.95. The average Bonchev–Trinajstić information content (AvgIpc) is 2.53. The van der Waals surface area contributed by atoms with Gasteiger partial charge in [0.15, 0.2) is 0 Å². The Balaban J connectivity index is 2.14. The predicted molar refractivity (Wildman–Crippen MR) is 78.6 cm³/mol. The van der Waals surface area contributed by atoms with E-state index in [1.807, 2.05) is 0 Å². The molecule has 0 bridgehead atoms. The maximum Gasteiger partial charge on any atom is 0.305 e. The van der Waals surface area contributed by atoms with E-state index in [2.05, 4.69) is 10.3 Å². The van der Waals surface area contributed by atoms with E-state index in [-0.39, 0.29) is 17.4 Å². The molecule has 0 aliphatic heterocycles. The maximum atomic E-state index is 10.8. The van der Waals surface area contributed by atoms with E-state index in [0.29, 0.717) is 18.3 Å². The molecule has 1 heterocycles. The molecule has 0 spiro atoms. The van der Waals surface area contributed by atoms with E-state index in [4.69, 9.17) is 11.0 Å². The Morgan fingerprint density at radius 2 is 2.19 bits per heavy atom. The Bertz CT molecular complexity index is 549. The first-order chi connectivity index (χ1) is 10.2. The second-order valence-corrected chi connectivity index (χ2v) is 5.32. The van der Waals surface area contributed by atoms with Gasteiger partial charge in [0.2, 0.25) is 5.69 Å². The molecule has 0 saturated heterocycles. The zero-order chi connectivity index (χ0) is 15.2. The van der Waals surface area contributed by atoms with Crippen LogP contribution in [0.5, 0.6) is 0 Å². The van der Waals surface area contributed by atoms with Gasteiger partial charge in [0, 0.05) is 18.7 Å².